The molecule has 2 aromatic heterocycles. The number of carbonyl (C=O) groups is 2. The van der Waals surface area contributed by atoms with Crippen LogP contribution in [0, 0.1) is 6.92 Å². The van der Waals surface area contributed by atoms with Crippen LogP contribution in [0.15, 0.2) is 65.7 Å². The van der Waals surface area contributed by atoms with Crippen LogP contribution in [-0.2, 0) is 22.7 Å². The van der Waals surface area contributed by atoms with Crippen LogP contribution in [0.2, 0.25) is 0 Å². The lowest BCUT2D eigenvalue weighted by atomic mass is 10.0. The van der Waals surface area contributed by atoms with Gasteiger partial charge in [0.1, 0.15) is 11.9 Å². The number of nitrogens with zero attached hydrogens (tertiary/aromatic N) is 5. The zero-order chi connectivity index (χ0) is 27.6. The van der Waals surface area contributed by atoms with Gasteiger partial charge < -0.3 is 5.32 Å². The van der Waals surface area contributed by atoms with Gasteiger partial charge in [0.15, 0.2) is 0 Å². The molecule has 2 N–H and O–H groups in total. The van der Waals surface area contributed by atoms with Crippen molar-refractivity contribution in [2.75, 3.05) is 18.4 Å². The van der Waals surface area contributed by atoms with E-state index in [4.69, 9.17) is 0 Å². The Hall–Kier alpha value is -4.31. The molecule has 0 bridgehead atoms. The number of aryl methyl sites for hydroxylation is 1. The topological polar surface area (TPSA) is 114 Å². The van der Waals surface area contributed by atoms with Gasteiger partial charge in [0.05, 0.1) is 16.9 Å². The van der Waals surface area contributed by atoms with Crippen LogP contribution in [0.5, 0.6) is 0 Å². The fourth-order valence-electron chi connectivity index (χ4n) is 5.85. The lowest BCUT2D eigenvalue weighted by molar-refractivity contribution is -0.135. The predicted octanol–water partition coefficient (Wildman–Crippen LogP) is 3.33. The molecule has 0 spiro atoms. The second-order valence-corrected chi connectivity index (χ2v) is 10.7. The SMILES string of the molecule is Cc1nc2cccc(NCc3ccc(CN4CCC(n5cccn5)CC4)cc3)c2c(=O)n1C1CCC(=O)NC1=O. The van der Waals surface area contributed by atoms with E-state index in [1.54, 1.807) is 13.0 Å². The Bertz CT molecular complexity index is 1590. The standard InChI is InChI=1S/C30H33N7O3/c1-20-33-25-5-2-4-24(28(25)30(40)37(20)26-10-11-27(38)34-29(26)39)31-18-21-6-8-22(9-7-21)19-35-16-12-23(13-17-35)36-15-3-14-32-36/h2-9,14-15,23,26,31H,10-13,16-19H2,1H3,(H,34,38,39). The van der Waals surface area contributed by atoms with Gasteiger partial charge in [-0.2, -0.15) is 5.10 Å². The Morgan fingerprint density at radius 2 is 1.75 bits per heavy atom. The number of fused-ring (bicyclic) bond motifs is 1. The molecule has 2 saturated heterocycles. The van der Waals surface area contributed by atoms with E-state index in [2.05, 4.69) is 60.8 Å². The van der Waals surface area contributed by atoms with Crippen molar-refractivity contribution in [1.29, 1.82) is 0 Å². The summed E-state index contributed by atoms with van der Waals surface area (Å²) in [5, 5.41) is 10.6. The lowest BCUT2D eigenvalue weighted by Gasteiger charge is -2.32. The van der Waals surface area contributed by atoms with Crippen molar-refractivity contribution in [1.82, 2.24) is 29.5 Å². The average molecular weight is 540 g/mol. The molecule has 6 rings (SSSR count). The molecular formula is C30H33N7O3. The molecule has 206 valence electrons. The van der Waals surface area contributed by atoms with E-state index in [1.165, 1.54) is 10.1 Å². The first-order valence-electron chi connectivity index (χ1n) is 13.8. The maximum Gasteiger partial charge on any atom is 0.264 e. The summed E-state index contributed by atoms with van der Waals surface area (Å²) in [4.78, 5) is 44.9. The van der Waals surface area contributed by atoms with Crippen molar-refractivity contribution < 1.29 is 9.59 Å². The molecule has 1 atom stereocenters. The number of anilines is 1. The van der Waals surface area contributed by atoms with E-state index in [-0.39, 0.29) is 24.3 Å². The van der Waals surface area contributed by atoms with E-state index in [0.29, 0.717) is 35.0 Å². The van der Waals surface area contributed by atoms with Gasteiger partial charge in [-0.3, -0.25) is 33.8 Å². The molecule has 2 fully saturated rings. The fourth-order valence-corrected chi connectivity index (χ4v) is 5.85. The molecule has 1 unspecified atom stereocenters. The molecule has 2 aromatic carbocycles. The minimum absolute atomic E-state index is 0.194. The van der Waals surface area contributed by atoms with Crippen molar-refractivity contribution in [2.45, 2.75) is 57.8 Å². The van der Waals surface area contributed by atoms with Gasteiger partial charge in [-0.25, -0.2) is 4.98 Å². The summed E-state index contributed by atoms with van der Waals surface area (Å²) in [5.41, 5.74) is 3.33. The molecule has 0 radical (unpaired) electrons. The molecule has 4 heterocycles. The smallest absolute Gasteiger partial charge is 0.264 e. The average Bonchev–Trinajstić information content (AvgIpc) is 3.49. The number of hydrogen-bond donors (Lipinski definition) is 2. The largest absolute Gasteiger partial charge is 0.380 e. The van der Waals surface area contributed by atoms with Gasteiger partial charge in [0.2, 0.25) is 11.8 Å². The highest BCUT2D eigenvalue weighted by atomic mass is 16.2. The number of amides is 2. The third kappa shape index (κ3) is 5.27. The zero-order valence-corrected chi connectivity index (χ0v) is 22.5. The quantitative estimate of drug-likeness (QED) is 0.346. The van der Waals surface area contributed by atoms with E-state index >= 15 is 0 Å². The summed E-state index contributed by atoms with van der Waals surface area (Å²) in [6.07, 6.45) is 6.58. The normalized spacial score (nSPS) is 18.7. The number of carbonyl (C=O) groups excluding carboxylic acids is 2. The highest BCUT2D eigenvalue weighted by Gasteiger charge is 2.30. The highest BCUT2D eigenvalue weighted by Crippen LogP contribution is 2.25. The summed E-state index contributed by atoms with van der Waals surface area (Å²) in [5.74, 6) is -0.329. The third-order valence-corrected chi connectivity index (χ3v) is 8.00. The highest BCUT2D eigenvalue weighted by molar-refractivity contribution is 5.99. The number of imide groups is 1. The molecular weight excluding hydrogens is 506 g/mol. The first-order chi connectivity index (χ1) is 19.5. The van der Waals surface area contributed by atoms with Crippen LogP contribution in [0.4, 0.5) is 5.69 Å². The second kappa shape index (κ2) is 11.1. The molecule has 2 amide bonds. The Kier molecular flexibility index (Phi) is 7.17. The number of nitrogens with one attached hydrogen (secondary N) is 2. The van der Waals surface area contributed by atoms with E-state index in [1.807, 2.05) is 24.4 Å². The van der Waals surface area contributed by atoms with Gasteiger partial charge in [-0.1, -0.05) is 30.3 Å². The number of piperidine rings is 2. The Balaban J connectivity index is 1.13. The van der Waals surface area contributed by atoms with E-state index < -0.39 is 11.9 Å². The fraction of sp³-hybridized carbons (Fsp3) is 0.367. The first kappa shape index (κ1) is 25.9. The minimum Gasteiger partial charge on any atom is -0.380 e. The van der Waals surface area contributed by atoms with Gasteiger partial charge in [-0.15, -0.1) is 0 Å². The molecule has 40 heavy (non-hydrogen) atoms. The molecule has 10 nitrogen and oxygen atoms in total. The van der Waals surface area contributed by atoms with Gasteiger partial charge >= 0.3 is 0 Å². The van der Waals surface area contributed by atoms with Crippen molar-refractivity contribution in [3.8, 4) is 0 Å². The zero-order valence-electron chi connectivity index (χ0n) is 22.5. The van der Waals surface area contributed by atoms with Crippen molar-refractivity contribution >= 4 is 28.4 Å². The van der Waals surface area contributed by atoms with Crippen LogP contribution in [0.1, 0.15) is 54.7 Å². The number of rotatable bonds is 7. The molecule has 2 aliphatic heterocycles. The predicted molar refractivity (Wildman–Crippen MR) is 152 cm³/mol. The summed E-state index contributed by atoms with van der Waals surface area (Å²) in [7, 11) is 0. The molecule has 10 heteroatoms. The number of likely N-dealkylation sites (tertiary alicyclic amines) is 1. The van der Waals surface area contributed by atoms with Crippen LogP contribution in [0.3, 0.4) is 0 Å². The van der Waals surface area contributed by atoms with Crippen molar-refractivity contribution in [3.63, 3.8) is 0 Å². The number of benzene rings is 2. The van der Waals surface area contributed by atoms with Crippen LogP contribution in [-0.4, -0.2) is 49.1 Å². The second-order valence-electron chi connectivity index (χ2n) is 10.7. The van der Waals surface area contributed by atoms with E-state index in [9.17, 15) is 14.4 Å². The van der Waals surface area contributed by atoms with Crippen molar-refractivity contribution in [3.05, 3.63) is 88.2 Å². The third-order valence-electron chi connectivity index (χ3n) is 8.00. The monoisotopic (exact) mass is 539 g/mol. The van der Waals surface area contributed by atoms with Crippen LogP contribution >= 0.6 is 0 Å². The molecule has 0 aliphatic carbocycles. The van der Waals surface area contributed by atoms with Gasteiger partial charge in [0, 0.05) is 50.7 Å². The molecule has 4 aromatic rings. The summed E-state index contributed by atoms with van der Waals surface area (Å²) < 4.78 is 3.50. The van der Waals surface area contributed by atoms with Gasteiger partial charge in [0.25, 0.3) is 5.56 Å². The van der Waals surface area contributed by atoms with Crippen LogP contribution in [0.25, 0.3) is 10.9 Å². The summed E-state index contributed by atoms with van der Waals surface area (Å²) in [6.45, 7) is 5.29. The summed E-state index contributed by atoms with van der Waals surface area (Å²) >= 11 is 0. The van der Waals surface area contributed by atoms with Gasteiger partial charge in [-0.05, 0) is 55.5 Å². The Labute approximate surface area is 232 Å². The van der Waals surface area contributed by atoms with Crippen molar-refractivity contribution in [2.24, 2.45) is 0 Å². The minimum atomic E-state index is -0.751. The Morgan fingerprint density at radius 1 is 0.975 bits per heavy atom. The number of hydrogen-bond acceptors (Lipinski definition) is 7. The first-order valence-corrected chi connectivity index (χ1v) is 13.8. The Morgan fingerprint density at radius 3 is 2.48 bits per heavy atom. The molecule has 0 saturated carbocycles. The lowest BCUT2D eigenvalue weighted by Crippen LogP contribution is -2.45. The molecule has 2 aliphatic rings. The van der Waals surface area contributed by atoms with E-state index in [0.717, 1.165) is 38.0 Å². The maximum atomic E-state index is 13.6. The number of aromatic nitrogens is 4. The maximum absolute atomic E-state index is 13.6. The summed E-state index contributed by atoms with van der Waals surface area (Å²) in [6, 6.07) is 15.8. The van der Waals surface area contributed by atoms with Crippen LogP contribution < -0.4 is 16.2 Å².